The smallest absolute Gasteiger partial charge is 0.141 e. The first-order valence-electron chi connectivity index (χ1n) is 6.12. The second-order valence-electron chi connectivity index (χ2n) is 4.82. The SMILES string of the molecule is CC(=O)C(c1ccc(O)cc1)(C(C)C=O)C(C)C=O. The second-order valence-corrected chi connectivity index (χ2v) is 4.82. The third kappa shape index (κ3) is 2.43. The number of rotatable bonds is 6. The van der Waals surface area contributed by atoms with Crippen LogP contribution in [0, 0.1) is 11.8 Å². The number of carbonyl (C=O) groups is 3. The average Bonchev–Trinajstić information content (AvgIpc) is 2.40. The quantitative estimate of drug-likeness (QED) is 0.795. The predicted molar refractivity (Wildman–Crippen MR) is 70.9 cm³/mol. The van der Waals surface area contributed by atoms with E-state index in [2.05, 4.69) is 0 Å². The number of aldehydes is 2. The van der Waals surface area contributed by atoms with E-state index < -0.39 is 17.3 Å². The van der Waals surface area contributed by atoms with Crippen molar-refractivity contribution in [1.82, 2.24) is 0 Å². The highest BCUT2D eigenvalue weighted by Gasteiger charge is 2.47. The lowest BCUT2D eigenvalue weighted by atomic mass is 9.62. The molecule has 0 heterocycles. The van der Waals surface area contributed by atoms with Crippen molar-refractivity contribution in [3.05, 3.63) is 29.8 Å². The fourth-order valence-electron chi connectivity index (χ4n) is 2.74. The number of phenols is 1. The molecule has 19 heavy (non-hydrogen) atoms. The topological polar surface area (TPSA) is 71.4 Å². The van der Waals surface area contributed by atoms with E-state index in [0.29, 0.717) is 18.1 Å². The van der Waals surface area contributed by atoms with Crippen LogP contribution in [-0.2, 0) is 19.8 Å². The Morgan fingerprint density at radius 3 is 1.84 bits per heavy atom. The van der Waals surface area contributed by atoms with Crippen molar-refractivity contribution in [2.75, 3.05) is 0 Å². The number of aromatic hydroxyl groups is 1. The maximum Gasteiger partial charge on any atom is 0.141 e. The molecule has 102 valence electrons. The summed E-state index contributed by atoms with van der Waals surface area (Å²) >= 11 is 0. The molecule has 0 fully saturated rings. The summed E-state index contributed by atoms with van der Waals surface area (Å²) in [7, 11) is 0. The minimum Gasteiger partial charge on any atom is -0.508 e. The van der Waals surface area contributed by atoms with Gasteiger partial charge in [0.05, 0.1) is 5.41 Å². The molecule has 4 nitrogen and oxygen atoms in total. The van der Waals surface area contributed by atoms with E-state index in [0.717, 1.165) is 0 Å². The molecule has 4 heteroatoms. The third-order valence-electron chi connectivity index (χ3n) is 3.77. The lowest BCUT2D eigenvalue weighted by molar-refractivity contribution is -0.133. The Kier molecular flexibility index (Phi) is 4.59. The van der Waals surface area contributed by atoms with E-state index in [9.17, 15) is 19.5 Å². The summed E-state index contributed by atoms with van der Waals surface area (Å²) in [6.45, 7) is 4.63. The van der Waals surface area contributed by atoms with Gasteiger partial charge in [-0.15, -0.1) is 0 Å². The Morgan fingerprint density at radius 1 is 1.11 bits per heavy atom. The fourth-order valence-corrected chi connectivity index (χ4v) is 2.74. The highest BCUT2D eigenvalue weighted by atomic mass is 16.3. The first kappa shape index (κ1) is 15.1. The number of Topliss-reactive ketones (excluding diaryl/α,β-unsaturated/α-hetero) is 1. The number of ketones is 1. The van der Waals surface area contributed by atoms with Crippen molar-refractivity contribution < 1.29 is 19.5 Å². The van der Waals surface area contributed by atoms with Gasteiger partial charge in [0.25, 0.3) is 0 Å². The molecule has 2 atom stereocenters. The Labute approximate surface area is 112 Å². The Bertz CT molecular complexity index is 461. The Hall–Kier alpha value is -1.97. The van der Waals surface area contributed by atoms with E-state index in [1.807, 2.05) is 0 Å². The molecule has 0 saturated carbocycles. The Balaban J connectivity index is 3.55. The molecule has 0 aromatic heterocycles. The van der Waals surface area contributed by atoms with Gasteiger partial charge in [0.15, 0.2) is 0 Å². The highest BCUT2D eigenvalue weighted by Crippen LogP contribution is 2.39. The van der Waals surface area contributed by atoms with Crippen molar-refractivity contribution in [1.29, 1.82) is 0 Å². The van der Waals surface area contributed by atoms with E-state index in [4.69, 9.17) is 0 Å². The van der Waals surface area contributed by atoms with Crippen LogP contribution in [0.5, 0.6) is 5.75 Å². The van der Waals surface area contributed by atoms with Crippen LogP contribution >= 0.6 is 0 Å². The Morgan fingerprint density at radius 2 is 1.53 bits per heavy atom. The number of benzene rings is 1. The molecule has 1 N–H and O–H groups in total. The largest absolute Gasteiger partial charge is 0.508 e. The zero-order valence-corrected chi connectivity index (χ0v) is 11.3. The van der Waals surface area contributed by atoms with Gasteiger partial charge in [0.1, 0.15) is 24.1 Å². The predicted octanol–water partition coefficient (Wildman–Crippen LogP) is 1.89. The normalized spacial score (nSPS) is 17.0. The highest BCUT2D eigenvalue weighted by molar-refractivity contribution is 5.94. The molecule has 0 aliphatic rings. The molecule has 0 bridgehead atoms. The van der Waals surface area contributed by atoms with Gasteiger partial charge in [0, 0.05) is 11.8 Å². The molecular formula is C15H18O4. The number of phenolic OH excluding ortho intramolecular Hbond substituents is 1. The van der Waals surface area contributed by atoms with Gasteiger partial charge < -0.3 is 14.7 Å². The maximum atomic E-state index is 12.2. The third-order valence-corrected chi connectivity index (χ3v) is 3.77. The summed E-state index contributed by atoms with van der Waals surface area (Å²) in [4.78, 5) is 34.6. The zero-order valence-electron chi connectivity index (χ0n) is 11.3. The van der Waals surface area contributed by atoms with Gasteiger partial charge in [0.2, 0.25) is 0 Å². The van der Waals surface area contributed by atoms with Crippen molar-refractivity contribution >= 4 is 18.4 Å². The summed E-state index contributed by atoms with van der Waals surface area (Å²) in [5, 5.41) is 9.33. The maximum absolute atomic E-state index is 12.2. The number of hydrogen-bond donors (Lipinski definition) is 1. The van der Waals surface area contributed by atoms with Gasteiger partial charge in [-0.2, -0.15) is 0 Å². The summed E-state index contributed by atoms with van der Waals surface area (Å²) in [6.07, 6.45) is 1.38. The lowest BCUT2D eigenvalue weighted by Crippen LogP contribution is -2.47. The summed E-state index contributed by atoms with van der Waals surface area (Å²) in [6, 6.07) is 6.05. The average molecular weight is 262 g/mol. The first-order valence-corrected chi connectivity index (χ1v) is 6.12. The van der Waals surface area contributed by atoms with Crippen LogP contribution in [0.4, 0.5) is 0 Å². The molecule has 0 aliphatic carbocycles. The fraction of sp³-hybridized carbons (Fsp3) is 0.400. The van der Waals surface area contributed by atoms with Crippen LogP contribution < -0.4 is 0 Å². The minimum absolute atomic E-state index is 0.0683. The molecule has 0 spiro atoms. The van der Waals surface area contributed by atoms with Gasteiger partial charge in [-0.1, -0.05) is 26.0 Å². The number of hydrogen-bond acceptors (Lipinski definition) is 4. The summed E-state index contributed by atoms with van der Waals surface area (Å²) < 4.78 is 0. The van der Waals surface area contributed by atoms with E-state index in [1.165, 1.54) is 19.1 Å². The van der Waals surface area contributed by atoms with Crippen molar-refractivity contribution in [2.45, 2.75) is 26.2 Å². The van der Waals surface area contributed by atoms with Crippen molar-refractivity contribution in [3.63, 3.8) is 0 Å². The standard InChI is InChI=1S/C15H18O4/c1-10(8-16)15(12(3)18,11(2)9-17)13-4-6-14(19)7-5-13/h4-11,19H,1-3H3. The van der Waals surface area contributed by atoms with Crippen LogP contribution in [0.2, 0.25) is 0 Å². The van der Waals surface area contributed by atoms with Crippen molar-refractivity contribution in [2.24, 2.45) is 11.8 Å². The van der Waals surface area contributed by atoms with Gasteiger partial charge in [-0.25, -0.2) is 0 Å². The molecule has 1 aromatic carbocycles. The molecule has 1 aromatic rings. The lowest BCUT2D eigenvalue weighted by Gasteiger charge is -2.38. The van der Waals surface area contributed by atoms with Gasteiger partial charge in [-0.3, -0.25) is 4.79 Å². The molecule has 0 radical (unpaired) electrons. The monoisotopic (exact) mass is 262 g/mol. The first-order chi connectivity index (χ1) is 8.91. The van der Waals surface area contributed by atoms with Crippen molar-refractivity contribution in [3.8, 4) is 5.75 Å². The molecule has 1 rings (SSSR count). The van der Waals surface area contributed by atoms with E-state index >= 15 is 0 Å². The zero-order chi connectivity index (χ0) is 14.6. The van der Waals surface area contributed by atoms with Gasteiger partial charge in [-0.05, 0) is 24.6 Å². The summed E-state index contributed by atoms with van der Waals surface area (Å²) in [5.41, 5.74) is -0.617. The van der Waals surface area contributed by atoms with Crippen LogP contribution in [-0.4, -0.2) is 23.5 Å². The molecule has 0 amide bonds. The molecule has 0 saturated heterocycles. The van der Waals surface area contributed by atoms with Crippen LogP contribution in [0.3, 0.4) is 0 Å². The van der Waals surface area contributed by atoms with E-state index in [1.54, 1.807) is 26.0 Å². The number of carbonyl (C=O) groups excluding carboxylic acids is 3. The van der Waals surface area contributed by atoms with Crippen LogP contribution in [0.25, 0.3) is 0 Å². The van der Waals surface area contributed by atoms with Gasteiger partial charge >= 0.3 is 0 Å². The van der Waals surface area contributed by atoms with Crippen LogP contribution in [0.15, 0.2) is 24.3 Å². The molecular weight excluding hydrogens is 244 g/mol. The summed E-state index contributed by atoms with van der Waals surface area (Å²) in [5.74, 6) is -1.43. The second kappa shape index (κ2) is 5.78. The minimum atomic E-state index is -1.18. The van der Waals surface area contributed by atoms with E-state index in [-0.39, 0.29) is 11.5 Å². The molecule has 0 aliphatic heterocycles. The molecule has 2 unspecified atom stereocenters. The van der Waals surface area contributed by atoms with Crippen LogP contribution in [0.1, 0.15) is 26.3 Å².